The number of ether oxygens (including phenoxy) is 1. The molecule has 1 aromatic heterocycles. The fourth-order valence-electron chi connectivity index (χ4n) is 3.22. The van der Waals surface area contributed by atoms with Crippen LogP contribution in [-0.4, -0.2) is 48.6 Å². The smallest absolute Gasteiger partial charge is 0.290 e. The van der Waals surface area contributed by atoms with Gasteiger partial charge in [-0.1, -0.05) is 35.5 Å². The molecule has 0 atom stereocenters. The first kappa shape index (κ1) is 18.4. The predicted molar refractivity (Wildman–Crippen MR) is 98.2 cm³/mol. The van der Waals surface area contributed by atoms with Crippen LogP contribution < -0.4 is 10.6 Å². The summed E-state index contributed by atoms with van der Waals surface area (Å²) in [6.07, 6.45) is 1.08. The standard InChI is InChI=1S/C20H21N3O5/c24-17(14-10-27-11-14)9-21-19(25)13-6-15(7-13)22-20(26)18-8-16(23-28-18)12-4-2-1-3-5-12/h1-5,8,13-15H,6-7,9-11H2,(H,21,25)(H,22,26). The molecule has 1 aromatic carbocycles. The van der Waals surface area contributed by atoms with Gasteiger partial charge in [0, 0.05) is 23.6 Å². The summed E-state index contributed by atoms with van der Waals surface area (Å²) in [5.41, 5.74) is 1.46. The normalized spacial score (nSPS) is 21.3. The Morgan fingerprint density at radius 3 is 2.50 bits per heavy atom. The summed E-state index contributed by atoms with van der Waals surface area (Å²) in [6.45, 7) is 0.931. The number of carbonyl (C=O) groups excluding carboxylic acids is 3. The molecule has 1 aliphatic heterocycles. The molecule has 1 saturated carbocycles. The number of amides is 2. The van der Waals surface area contributed by atoms with Gasteiger partial charge in [-0.15, -0.1) is 0 Å². The Hall–Kier alpha value is -3.00. The highest BCUT2D eigenvalue weighted by molar-refractivity contribution is 5.93. The van der Waals surface area contributed by atoms with Gasteiger partial charge in [0.15, 0.2) is 5.78 Å². The number of hydrogen-bond acceptors (Lipinski definition) is 6. The first-order chi connectivity index (χ1) is 13.6. The second kappa shape index (κ2) is 7.93. The molecule has 2 fully saturated rings. The van der Waals surface area contributed by atoms with Crippen molar-refractivity contribution < 1.29 is 23.6 Å². The molecule has 146 valence electrons. The lowest BCUT2D eigenvalue weighted by Gasteiger charge is -2.34. The molecule has 0 radical (unpaired) electrons. The number of benzene rings is 1. The lowest BCUT2D eigenvalue weighted by molar-refractivity contribution is -0.138. The Bertz CT molecular complexity index is 869. The number of aromatic nitrogens is 1. The number of ketones is 1. The molecule has 2 heterocycles. The molecule has 0 bridgehead atoms. The Kier molecular flexibility index (Phi) is 5.21. The van der Waals surface area contributed by atoms with Gasteiger partial charge in [-0.05, 0) is 12.8 Å². The summed E-state index contributed by atoms with van der Waals surface area (Å²) in [7, 11) is 0. The molecule has 2 amide bonds. The van der Waals surface area contributed by atoms with Crippen molar-refractivity contribution in [3.05, 3.63) is 42.2 Å². The van der Waals surface area contributed by atoms with Crippen molar-refractivity contribution in [3.63, 3.8) is 0 Å². The number of Topliss-reactive ketones (excluding diaryl/α,β-unsaturated/α-hetero) is 1. The van der Waals surface area contributed by atoms with E-state index in [9.17, 15) is 14.4 Å². The minimum absolute atomic E-state index is 0.00307. The van der Waals surface area contributed by atoms with Crippen LogP contribution in [0.3, 0.4) is 0 Å². The molecule has 2 aliphatic rings. The first-order valence-electron chi connectivity index (χ1n) is 9.31. The topological polar surface area (TPSA) is 111 Å². The highest BCUT2D eigenvalue weighted by Gasteiger charge is 2.36. The average Bonchev–Trinajstić information content (AvgIpc) is 3.12. The number of carbonyl (C=O) groups is 3. The maximum atomic E-state index is 12.3. The summed E-state index contributed by atoms with van der Waals surface area (Å²) >= 11 is 0. The zero-order valence-corrected chi connectivity index (χ0v) is 15.2. The first-order valence-corrected chi connectivity index (χ1v) is 9.31. The molecular weight excluding hydrogens is 362 g/mol. The summed E-state index contributed by atoms with van der Waals surface area (Å²) < 4.78 is 10.1. The van der Waals surface area contributed by atoms with Gasteiger partial charge in [-0.25, -0.2) is 0 Å². The molecule has 28 heavy (non-hydrogen) atoms. The highest BCUT2D eigenvalue weighted by atomic mass is 16.5. The minimum atomic E-state index is -0.348. The molecule has 0 unspecified atom stereocenters. The molecule has 2 N–H and O–H groups in total. The zero-order chi connectivity index (χ0) is 19.5. The summed E-state index contributed by atoms with van der Waals surface area (Å²) in [4.78, 5) is 36.1. The number of nitrogens with zero attached hydrogens (tertiary/aromatic N) is 1. The van der Waals surface area contributed by atoms with E-state index in [-0.39, 0.29) is 47.8 Å². The molecule has 2 aromatic rings. The fourth-order valence-corrected chi connectivity index (χ4v) is 3.22. The lowest BCUT2D eigenvalue weighted by atomic mass is 9.79. The number of nitrogens with one attached hydrogen (secondary N) is 2. The van der Waals surface area contributed by atoms with Crippen LogP contribution in [0, 0.1) is 11.8 Å². The summed E-state index contributed by atoms with van der Waals surface area (Å²) in [5, 5.41) is 9.45. The van der Waals surface area contributed by atoms with Crippen molar-refractivity contribution in [2.24, 2.45) is 11.8 Å². The molecular formula is C20H21N3O5. The zero-order valence-electron chi connectivity index (χ0n) is 15.2. The third kappa shape index (κ3) is 3.96. The monoisotopic (exact) mass is 383 g/mol. The summed E-state index contributed by atoms with van der Waals surface area (Å²) in [5.74, 6) is -0.631. The SMILES string of the molecule is O=C(NC1CC(C(=O)NCC(=O)C2COC2)C1)c1cc(-c2ccccc2)no1. The summed E-state index contributed by atoms with van der Waals surface area (Å²) in [6, 6.07) is 11.0. The van der Waals surface area contributed by atoms with Crippen LogP contribution in [-0.2, 0) is 14.3 Å². The van der Waals surface area contributed by atoms with Gasteiger partial charge in [-0.3, -0.25) is 14.4 Å². The molecule has 8 nitrogen and oxygen atoms in total. The highest BCUT2D eigenvalue weighted by Crippen LogP contribution is 2.28. The van der Waals surface area contributed by atoms with E-state index < -0.39 is 0 Å². The van der Waals surface area contributed by atoms with Crippen molar-refractivity contribution >= 4 is 17.6 Å². The van der Waals surface area contributed by atoms with Crippen molar-refractivity contribution in [1.29, 1.82) is 0 Å². The lowest BCUT2D eigenvalue weighted by Crippen LogP contribution is -2.50. The van der Waals surface area contributed by atoms with Gasteiger partial charge in [0.1, 0.15) is 5.69 Å². The van der Waals surface area contributed by atoms with Crippen LogP contribution in [0.1, 0.15) is 23.4 Å². The van der Waals surface area contributed by atoms with Crippen LogP contribution in [0.4, 0.5) is 0 Å². The van der Waals surface area contributed by atoms with Crippen LogP contribution in [0.25, 0.3) is 11.3 Å². The van der Waals surface area contributed by atoms with Gasteiger partial charge in [0.05, 0.1) is 25.7 Å². The van der Waals surface area contributed by atoms with Gasteiger partial charge in [0.2, 0.25) is 11.7 Å². The Balaban J connectivity index is 1.21. The predicted octanol–water partition coefficient (Wildman–Crippen LogP) is 1.18. The van der Waals surface area contributed by atoms with Crippen molar-refractivity contribution in [2.75, 3.05) is 19.8 Å². The van der Waals surface area contributed by atoms with Crippen LogP contribution in [0.2, 0.25) is 0 Å². The maximum absolute atomic E-state index is 12.3. The minimum Gasteiger partial charge on any atom is -0.380 e. The van der Waals surface area contributed by atoms with E-state index in [0.717, 1.165) is 5.56 Å². The van der Waals surface area contributed by atoms with Gasteiger partial charge in [0.25, 0.3) is 5.91 Å². The second-order valence-corrected chi connectivity index (χ2v) is 7.20. The molecule has 4 rings (SSSR count). The number of hydrogen-bond donors (Lipinski definition) is 2. The largest absolute Gasteiger partial charge is 0.380 e. The van der Waals surface area contributed by atoms with Gasteiger partial charge >= 0.3 is 0 Å². The van der Waals surface area contributed by atoms with E-state index >= 15 is 0 Å². The van der Waals surface area contributed by atoms with Gasteiger partial charge < -0.3 is 19.9 Å². The average molecular weight is 383 g/mol. The second-order valence-electron chi connectivity index (χ2n) is 7.20. The third-order valence-electron chi connectivity index (χ3n) is 5.18. The van der Waals surface area contributed by atoms with E-state index in [4.69, 9.17) is 9.26 Å². The van der Waals surface area contributed by atoms with Gasteiger partial charge in [-0.2, -0.15) is 0 Å². The van der Waals surface area contributed by atoms with Crippen molar-refractivity contribution in [3.8, 4) is 11.3 Å². The Morgan fingerprint density at radius 2 is 1.82 bits per heavy atom. The van der Waals surface area contributed by atoms with E-state index in [1.165, 1.54) is 0 Å². The van der Waals surface area contributed by atoms with E-state index in [2.05, 4.69) is 15.8 Å². The molecule has 0 spiro atoms. The van der Waals surface area contributed by atoms with Crippen molar-refractivity contribution in [1.82, 2.24) is 15.8 Å². The Labute approximate surface area is 161 Å². The quantitative estimate of drug-likeness (QED) is 0.743. The van der Waals surface area contributed by atoms with Crippen LogP contribution >= 0.6 is 0 Å². The van der Waals surface area contributed by atoms with Crippen LogP contribution in [0.15, 0.2) is 40.9 Å². The van der Waals surface area contributed by atoms with Crippen molar-refractivity contribution in [2.45, 2.75) is 18.9 Å². The molecule has 1 saturated heterocycles. The third-order valence-corrected chi connectivity index (χ3v) is 5.18. The number of rotatable bonds is 7. The molecule has 8 heteroatoms. The fraction of sp³-hybridized carbons (Fsp3) is 0.400. The van der Waals surface area contributed by atoms with E-state index in [1.807, 2.05) is 30.3 Å². The van der Waals surface area contributed by atoms with E-state index in [0.29, 0.717) is 31.7 Å². The Morgan fingerprint density at radius 1 is 1.07 bits per heavy atom. The molecule has 1 aliphatic carbocycles. The van der Waals surface area contributed by atoms with Crippen LogP contribution in [0.5, 0.6) is 0 Å². The maximum Gasteiger partial charge on any atom is 0.290 e. The van der Waals surface area contributed by atoms with E-state index in [1.54, 1.807) is 6.07 Å².